The molecule has 1 aliphatic carbocycles. The van der Waals surface area contributed by atoms with E-state index in [-0.39, 0.29) is 11.9 Å². The monoisotopic (exact) mass is 362 g/mol. The van der Waals surface area contributed by atoms with Crippen LogP contribution in [0, 0.1) is 6.92 Å². The minimum atomic E-state index is -0.115. The van der Waals surface area contributed by atoms with Gasteiger partial charge in [-0.25, -0.2) is 0 Å². The van der Waals surface area contributed by atoms with Crippen LogP contribution in [0.4, 0.5) is 5.69 Å². The highest BCUT2D eigenvalue weighted by Gasteiger charge is 2.26. The average molecular weight is 363 g/mol. The molecule has 0 bridgehead atoms. The molecule has 0 spiro atoms. The smallest absolute Gasteiger partial charge is 0.238 e. The van der Waals surface area contributed by atoms with Crippen LogP contribution in [-0.2, 0) is 11.2 Å². The minimum absolute atomic E-state index is 0.115. The van der Waals surface area contributed by atoms with E-state index in [0.717, 1.165) is 18.4 Å². The van der Waals surface area contributed by atoms with Gasteiger partial charge in [0.25, 0.3) is 0 Å². The minimum Gasteiger partial charge on any atom is -0.322 e. The third-order valence-electron chi connectivity index (χ3n) is 4.57. The van der Waals surface area contributed by atoms with Crippen LogP contribution in [0.1, 0.15) is 29.2 Å². The Balaban J connectivity index is 1.69. The quantitative estimate of drug-likeness (QED) is 0.841. The second kappa shape index (κ2) is 7.14. The first-order valence-electron chi connectivity index (χ1n) is 8.00. The van der Waals surface area contributed by atoms with Gasteiger partial charge in [-0.3, -0.25) is 9.69 Å². The number of amides is 1. The van der Waals surface area contributed by atoms with E-state index in [1.54, 1.807) is 6.07 Å². The maximum atomic E-state index is 12.4. The second-order valence-electron chi connectivity index (χ2n) is 6.27. The molecule has 3 rings (SSSR count). The molecule has 0 fully saturated rings. The summed E-state index contributed by atoms with van der Waals surface area (Å²) in [7, 11) is 1.98. The third-order valence-corrected chi connectivity index (χ3v) is 5.38. The van der Waals surface area contributed by atoms with Crippen molar-refractivity contribution in [2.24, 2.45) is 0 Å². The van der Waals surface area contributed by atoms with Gasteiger partial charge in [-0.1, -0.05) is 53.5 Å². The molecule has 1 aliphatic rings. The van der Waals surface area contributed by atoms with E-state index in [4.69, 9.17) is 23.2 Å². The van der Waals surface area contributed by atoms with E-state index in [1.165, 1.54) is 11.1 Å². The summed E-state index contributed by atoms with van der Waals surface area (Å²) in [5, 5.41) is 3.80. The number of likely N-dealkylation sites (N-methyl/N-ethyl adjacent to an activating group) is 1. The van der Waals surface area contributed by atoms with Gasteiger partial charge >= 0.3 is 0 Å². The molecule has 0 aromatic heterocycles. The number of aryl methyl sites for hydroxylation is 2. The third kappa shape index (κ3) is 3.44. The Morgan fingerprint density at radius 1 is 1.25 bits per heavy atom. The highest BCUT2D eigenvalue weighted by molar-refractivity contribution is 6.40. The zero-order valence-electron chi connectivity index (χ0n) is 13.8. The fourth-order valence-corrected chi connectivity index (χ4v) is 3.74. The van der Waals surface area contributed by atoms with E-state index in [9.17, 15) is 4.79 Å². The van der Waals surface area contributed by atoms with Crippen LogP contribution in [0.5, 0.6) is 0 Å². The molecule has 3 nitrogen and oxygen atoms in total. The Morgan fingerprint density at radius 2 is 2.00 bits per heavy atom. The summed E-state index contributed by atoms with van der Waals surface area (Å²) >= 11 is 12.4. The molecule has 126 valence electrons. The van der Waals surface area contributed by atoms with Crippen molar-refractivity contribution in [3.8, 4) is 0 Å². The van der Waals surface area contributed by atoms with Gasteiger partial charge in [-0.15, -0.1) is 0 Å². The molecule has 0 saturated carbocycles. The molecule has 0 unspecified atom stereocenters. The second-order valence-corrected chi connectivity index (χ2v) is 7.06. The molecule has 0 saturated heterocycles. The number of hydrogen-bond acceptors (Lipinski definition) is 2. The van der Waals surface area contributed by atoms with Crippen molar-refractivity contribution >= 4 is 34.8 Å². The molecule has 0 aliphatic heterocycles. The Bertz CT molecular complexity index is 776. The number of carbonyl (C=O) groups excluding carboxylic acids is 1. The van der Waals surface area contributed by atoms with E-state index < -0.39 is 0 Å². The summed E-state index contributed by atoms with van der Waals surface area (Å²) in [6, 6.07) is 12.3. The molecule has 1 amide bonds. The van der Waals surface area contributed by atoms with E-state index in [1.807, 2.05) is 20.0 Å². The molecule has 0 heterocycles. The highest BCUT2D eigenvalue weighted by atomic mass is 35.5. The van der Waals surface area contributed by atoms with Gasteiger partial charge in [0.05, 0.1) is 22.3 Å². The Kier molecular flexibility index (Phi) is 5.14. The molecule has 1 N–H and O–H groups in total. The normalized spacial score (nSPS) is 16.3. The van der Waals surface area contributed by atoms with Crippen molar-refractivity contribution in [1.29, 1.82) is 0 Å². The number of carbonyl (C=O) groups is 1. The van der Waals surface area contributed by atoms with Crippen molar-refractivity contribution in [2.75, 3.05) is 18.9 Å². The summed E-state index contributed by atoms with van der Waals surface area (Å²) in [5.74, 6) is -0.115. The zero-order valence-corrected chi connectivity index (χ0v) is 15.3. The van der Waals surface area contributed by atoms with Gasteiger partial charge in [0.1, 0.15) is 0 Å². The number of halogens is 2. The van der Waals surface area contributed by atoms with Gasteiger partial charge in [0.2, 0.25) is 5.91 Å². The summed E-state index contributed by atoms with van der Waals surface area (Å²) in [4.78, 5) is 14.5. The van der Waals surface area contributed by atoms with Crippen LogP contribution in [0.3, 0.4) is 0 Å². The molecule has 2 aromatic rings. The summed E-state index contributed by atoms with van der Waals surface area (Å²) < 4.78 is 0. The lowest BCUT2D eigenvalue weighted by Gasteiger charge is -2.25. The first kappa shape index (κ1) is 17.3. The van der Waals surface area contributed by atoms with Crippen molar-refractivity contribution in [3.63, 3.8) is 0 Å². The van der Waals surface area contributed by atoms with Crippen LogP contribution in [0.15, 0.2) is 36.4 Å². The fourth-order valence-electron chi connectivity index (χ4n) is 3.28. The summed E-state index contributed by atoms with van der Waals surface area (Å²) in [6.07, 6.45) is 2.09. The Hall–Kier alpha value is -1.55. The number of nitrogens with one attached hydrogen (secondary N) is 1. The van der Waals surface area contributed by atoms with Gasteiger partial charge in [-0.05, 0) is 49.6 Å². The van der Waals surface area contributed by atoms with E-state index in [0.29, 0.717) is 22.3 Å². The number of nitrogens with zero attached hydrogens (tertiary/aromatic N) is 1. The zero-order chi connectivity index (χ0) is 17.3. The number of benzene rings is 2. The van der Waals surface area contributed by atoms with Crippen LogP contribution in [0.25, 0.3) is 0 Å². The maximum absolute atomic E-state index is 12.4. The number of fused-ring (bicyclic) bond motifs is 1. The molecule has 2 aromatic carbocycles. The van der Waals surface area contributed by atoms with Crippen molar-refractivity contribution in [3.05, 3.63) is 63.1 Å². The van der Waals surface area contributed by atoms with Gasteiger partial charge in [0.15, 0.2) is 0 Å². The van der Waals surface area contributed by atoms with Gasteiger partial charge in [-0.2, -0.15) is 0 Å². The topological polar surface area (TPSA) is 32.3 Å². The van der Waals surface area contributed by atoms with Gasteiger partial charge < -0.3 is 5.32 Å². The van der Waals surface area contributed by atoms with Crippen molar-refractivity contribution < 1.29 is 4.79 Å². The van der Waals surface area contributed by atoms with Crippen molar-refractivity contribution in [1.82, 2.24) is 4.90 Å². The van der Waals surface area contributed by atoms with Crippen LogP contribution < -0.4 is 5.32 Å². The standard InChI is InChI=1S/C19H20Cl2N2O/c1-12-7-9-15(20)19(18(12)21)22-17(24)11-23(2)16-10-8-13-5-3-4-6-14(13)16/h3-7,9,16H,8,10-11H2,1-2H3,(H,22,24)/t16-/m1/s1. The summed E-state index contributed by atoms with van der Waals surface area (Å²) in [5.41, 5.74) is 4.07. The lowest BCUT2D eigenvalue weighted by Crippen LogP contribution is -2.32. The van der Waals surface area contributed by atoms with Crippen LogP contribution in [0.2, 0.25) is 10.0 Å². The Morgan fingerprint density at radius 3 is 2.79 bits per heavy atom. The number of rotatable bonds is 4. The largest absolute Gasteiger partial charge is 0.322 e. The molecular formula is C19H20Cl2N2O. The summed E-state index contributed by atoms with van der Waals surface area (Å²) in [6.45, 7) is 2.18. The molecule has 0 radical (unpaired) electrons. The molecule has 5 heteroatoms. The Labute approximate surface area is 152 Å². The fraction of sp³-hybridized carbons (Fsp3) is 0.316. The van der Waals surface area contributed by atoms with E-state index in [2.05, 4.69) is 34.5 Å². The predicted molar refractivity (Wildman–Crippen MR) is 100.0 cm³/mol. The van der Waals surface area contributed by atoms with E-state index >= 15 is 0 Å². The number of anilines is 1. The maximum Gasteiger partial charge on any atom is 0.238 e. The lowest BCUT2D eigenvalue weighted by atomic mass is 10.1. The molecule has 24 heavy (non-hydrogen) atoms. The lowest BCUT2D eigenvalue weighted by molar-refractivity contribution is -0.117. The van der Waals surface area contributed by atoms with Gasteiger partial charge in [0, 0.05) is 6.04 Å². The molecular weight excluding hydrogens is 343 g/mol. The van der Waals surface area contributed by atoms with Crippen LogP contribution in [-0.4, -0.2) is 24.4 Å². The SMILES string of the molecule is Cc1ccc(Cl)c(NC(=O)CN(C)[C@@H]2CCc3ccccc32)c1Cl. The van der Waals surface area contributed by atoms with Crippen molar-refractivity contribution in [2.45, 2.75) is 25.8 Å². The van der Waals surface area contributed by atoms with Crippen LogP contribution >= 0.6 is 23.2 Å². The number of hydrogen-bond donors (Lipinski definition) is 1. The predicted octanol–water partition coefficient (Wildman–Crippen LogP) is 4.86. The first-order valence-corrected chi connectivity index (χ1v) is 8.75. The molecule has 1 atom stereocenters. The first-order chi connectivity index (χ1) is 11.5. The average Bonchev–Trinajstić information content (AvgIpc) is 2.99. The highest BCUT2D eigenvalue weighted by Crippen LogP contribution is 2.35.